The number of anilines is 1. The molecule has 0 aliphatic carbocycles. The molecule has 4 rings (SSSR count). The lowest BCUT2D eigenvalue weighted by molar-refractivity contribution is -0.132. The van der Waals surface area contributed by atoms with Crippen LogP contribution in [0.3, 0.4) is 0 Å². The molecule has 0 amide bonds. The van der Waals surface area contributed by atoms with Crippen molar-refractivity contribution >= 4 is 32.8 Å². The van der Waals surface area contributed by atoms with Gasteiger partial charge in [-0.25, -0.2) is 13.1 Å². The van der Waals surface area contributed by atoms with Gasteiger partial charge in [0.15, 0.2) is 5.71 Å². The summed E-state index contributed by atoms with van der Waals surface area (Å²) in [5.74, 6) is -1.63. The Morgan fingerprint density at radius 3 is 2.16 bits per heavy atom. The number of ketones is 2. The number of alkyl halides is 3. The third-order valence-electron chi connectivity index (χ3n) is 4.62. The number of hydrogen-bond donors (Lipinski definition) is 0. The SMILES string of the molecule is O=C1CN(c2ccc(S(=O)(=O)C(F)(F)F)cc2)N=C(c2ccnn2-c2ccccc2)C1=O. The Balaban J connectivity index is 1.73. The van der Waals surface area contributed by atoms with Crippen LogP contribution in [-0.2, 0) is 19.4 Å². The second kappa shape index (κ2) is 7.71. The molecule has 164 valence electrons. The van der Waals surface area contributed by atoms with E-state index in [4.69, 9.17) is 0 Å². The number of benzene rings is 2. The van der Waals surface area contributed by atoms with E-state index in [-0.39, 0.29) is 17.1 Å². The standard InChI is InChI=1S/C20H13F3N4O4S/c21-20(22,23)32(30,31)15-8-6-13(7-9-15)26-12-17(28)19(29)18(25-26)16-10-11-24-27(16)14-4-2-1-3-5-14/h1-11H,12H2. The highest BCUT2D eigenvalue weighted by molar-refractivity contribution is 7.92. The average molecular weight is 462 g/mol. The van der Waals surface area contributed by atoms with E-state index in [0.29, 0.717) is 5.69 Å². The number of nitrogens with zero attached hydrogens (tertiary/aromatic N) is 4. The second-order valence-corrected chi connectivity index (χ2v) is 8.61. The van der Waals surface area contributed by atoms with E-state index in [2.05, 4.69) is 10.2 Å². The minimum absolute atomic E-state index is 0.134. The van der Waals surface area contributed by atoms with Crippen LogP contribution in [0.4, 0.5) is 18.9 Å². The van der Waals surface area contributed by atoms with Gasteiger partial charge in [0.25, 0.3) is 15.6 Å². The summed E-state index contributed by atoms with van der Waals surface area (Å²) in [7, 11) is -5.51. The van der Waals surface area contributed by atoms with Crippen molar-refractivity contribution in [3.8, 4) is 5.69 Å². The van der Waals surface area contributed by atoms with Crippen molar-refractivity contribution < 1.29 is 31.2 Å². The predicted molar refractivity (Wildman–Crippen MR) is 107 cm³/mol. The van der Waals surface area contributed by atoms with Crippen molar-refractivity contribution in [3.63, 3.8) is 0 Å². The van der Waals surface area contributed by atoms with Gasteiger partial charge in [-0.3, -0.25) is 14.6 Å². The van der Waals surface area contributed by atoms with Gasteiger partial charge >= 0.3 is 5.51 Å². The van der Waals surface area contributed by atoms with Gasteiger partial charge in [-0.15, -0.1) is 0 Å². The first kappa shape index (κ1) is 21.4. The second-order valence-electron chi connectivity index (χ2n) is 6.67. The number of carbonyl (C=O) groups excluding carboxylic acids is 2. The van der Waals surface area contributed by atoms with Crippen LogP contribution < -0.4 is 5.01 Å². The third-order valence-corrected chi connectivity index (χ3v) is 6.12. The normalized spacial score (nSPS) is 15.1. The highest BCUT2D eigenvalue weighted by Crippen LogP contribution is 2.31. The van der Waals surface area contributed by atoms with Crippen molar-refractivity contribution in [2.75, 3.05) is 11.6 Å². The molecule has 0 unspecified atom stereocenters. The maximum atomic E-state index is 12.7. The number of para-hydroxylation sites is 1. The number of carbonyl (C=O) groups is 2. The van der Waals surface area contributed by atoms with Gasteiger partial charge in [-0.1, -0.05) is 18.2 Å². The molecule has 1 aliphatic rings. The van der Waals surface area contributed by atoms with E-state index in [1.807, 2.05) is 0 Å². The smallest absolute Gasteiger partial charge is 0.288 e. The molecule has 1 aromatic heterocycles. The summed E-state index contributed by atoms with van der Waals surface area (Å²) in [6.07, 6.45) is 1.43. The molecule has 2 aromatic carbocycles. The summed E-state index contributed by atoms with van der Waals surface area (Å²) >= 11 is 0. The van der Waals surface area contributed by atoms with E-state index in [1.54, 1.807) is 30.3 Å². The van der Waals surface area contributed by atoms with E-state index in [0.717, 1.165) is 29.3 Å². The maximum absolute atomic E-state index is 12.7. The zero-order chi connectivity index (χ0) is 23.1. The van der Waals surface area contributed by atoms with Crippen molar-refractivity contribution in [1.29, 1.82) is 0 Å². The van der Waals surface area contributed by atoms with Crippen molar-refractivity contribution in [3.05, 3.63) is 72.6 Å². The van der Waals surface area contributed by atoms with Crippen molar-refractivity contribution in [2.24, 2.45) is 5.10 Å². The van der Waals surface area contributed by atoms with Gasteiger partial charge in [0.05, 0.1) is 28.2 Å². The Hall–Kier alpha value is -3.80. The largest absolute Gasteiger partial charge is 0.501 e. The summed E-state index contributed by atoms with van der Waals surface area (Å²) in [5.41, 5.74) is -4.64. The van der Waals surface area contributed by atoms with E-state index >= 15 is 0 Å². The number of halogens is 3. The van der Waals surface area contributed by atoms with Crippen LogP contribution in [-0.4, -0.2) is 47.5 Å². The molecule has 0 bridgehead atoms. The first-order chi connectivity index (χ1) is 15.1. The summed E-state index contributed by atoms with van der Waals surface area (Å²) < 4.78 is 62.7. The highest BCUT2D eigenvalue weighted by Gasteiger charge is 2.46. The number of Topliss-reactive ketones (excluding diaryl/α,β-unsaturated/α-hetero) is 2. The van der Waals surface area contributed by atoms with Crippen LogP contribution in [0, 0.1) is 0 Å². The minimum atomic E-state index is -5.51. The predicted octanol–water partition coefficient (Wildman–Crippen LogP) is 2.53. The Bertz CT molecular complexity index is 1330. The van der Waals surface area contributed by atoms with Crippen LogP contribution in [0.25, 0.3) is 5.69 Å². The van der Waals surface area contributed by atoms with Gasteiger partial charge in [0.1, 0.15) is 6.54 Å². The topological polar surface area (TPSA) is 102 Å². The van der Waals surface area contributed by atoms with Gasteiger partial charge in [-0.05, 0) is 42.5 Å². The van der Waals surface area contributed by atoms with Crippen LogP contribution in [0.2, 0.25) is 0 Å². The molecule has 0 spiro atoms. The molecule has 12 heteroatoms. The maximum Gasteiger partial charge on any atom is 0.501 e. The lowest BCUT2D eigenvalue weighted by Crippen LogP contribution is -2.41. The number of sulfone groups is 1. The zero-order valence-electron chi connectivity index (χ0n) is 16.0. The minimum Gasteiger partial charge on any atom is -0.288 e. The zero-order valence-corrected chi connectivity index (χ0v) is 16.8. The molecule has 2 heterocycles. The molecule has 3 aromatic rings. The fourth-order valence-electron chi connectivity index (χ4n) is 3.05. The third kappa shape index (κ3) is 3.68. The van der Waals surface area contributed by atoms with Gasteiger partial charge < -0.3 is 0 Å². The number of rotatable bonds is 4. The molecule has 32 heavy (non-hydrogen) atoms. The Morgan fingerprint density at radius 2 is 1.53 bits per heavy atom. The van der Waals surface area contributed by atoms with Crippen molar-refractivity contribution in [1.82, 2.24) is 9.78 Å². The number of hydrogen-bond acceptors (Lipinski definition) is 7. The summed E-state index contributed by atoms with van der Waals surface area (Å²) in [5, 5.41) is 9.48. The Labute approximate surface area is 179 Å². The number of hydrazone groups is 1. The van der Waals surface area contributed by atoms with Gasteiger partial charge in [0, 0.05) is 0 Å². The lowest BCUT2D eigenvalue weighted by Gasteiger charge is -2.24. The summed E-state index contributed by atoms with van der Waals surface area (Å²) in [6.45, 7) is -0.451. The highest BCUT2D eigenvalue weighted by atomic mass is 32.2. The summed E-state index contributed by atoms with van der Waals surface area (Å²) in [4.78, 5) is 23.9. The molecule has 0 saturated heterocycles. The van der Waals surface area contributed by atoms with E-state index in [1.165, 1.54) is 16.9 Å². The molecule has 0 saturated carbocycles. The van der Waals surface area contributed by atoms with Crippen LogP contribution in [0.5, 0.6) is 0 Å². The average Bonchev–Trinajstić information content (AvgIpc) is 3.25. The van der Waals surface area contributed by atoms with Crippen LogP contribution in [0.1, 0.15) is 5.69 Å². The molecule has 0 radical (unpaired) electrons. The molecule has 0 atom stereocenters. The first-order valence-corrected chi connectivity index (χ1v) is 10.5. The molecule has 1 aliphatic heterocycles. The molecular formula is C20H13F3N4O4S. The van der Waals surface area contributed by atoms with Gasteiger partial charge in [0.2, 0.25) is 5.78 Å². The van der Waals surface area contributed by atoms with E-state index < -0.39 is 38.4 Å². The fourth-order valence-corrected chi connectivity index (χ4v) is 3.81. The first-order valence-electron chi connectivity index (χ1n) is 9.04. The molecule has 0 fully saturated rings. The Kier molecular flexibility index (Phi) is 5.17. The van der Waals surface area contributed by atoms with Crippen LogP contribution in [0.15, 0.2) is 76.9 Å². The molecule has 0 N–H and O–H groups in total. The lowest BCUT2D eigenvalue weighted by atomic mass is 10.1. The molecular weight excluding hydrogens is 449 g/mol. The van der Waals surface area contributed by atoms with Crippen molar-refractivity contribution in [2.45, 2.75) is 10.4 Å². The Morgan fingerprint density at radius 1 is 0.875 bits per heavy atom. The monoisotopic (exact) mass is 462 g/mol. The quantitative estimate of drug-likeness (QED) is 0.553. The van der Waals surface area contributed by atoms with E-state index in [9.17, 15) is 31.2 Å². The fraction of sp³-hybridized carbons (Fsp3) is 0.100. The van der Waals surface area contributed by atoms with Crippen LogP contribution >= 0.6 is 0 Å². The summed E-state index contributed by atoms with van der Waals surface area (Å²) in [6, 6.07) is 14.0. The van der Waals surface area contributed by atoms with Gasteiger partial charge in [-0.2, -0.15) is 23.4 Å². The molecule has 8 nitrogen and oxygen atoms in total. The number of aromatic nitrogens is 2.